The molecule has 0 spiro atoms. The molecule has 0 unspecified atom stereocenters. The third-order valence-electron chi connectivity index (χ3n) is 3.60. The van der Waals surface area contributed by atoms with Crippen LogP contribution in [-0.2, 0) is 9.53 Å². The maximum atomic E-state index is 12.0. The van der Waals surface area contributed by atoms with E-state index in [1.54, 1.807) is 4.90 Å². The van der Waals surface area contributed by atoms with Crippen molar-refractivity contribution in [3.05, 3.63) is 29.8 Å². The lowest BCUT2D eigenvalue weighted by molar-refractivity contribution is -0.134. The molecular formula is C16H19F2NO4. The summed E-state index contributed by atoms with van der Waals surface area (Å²) < 4.78 is 33.3. The molecule has 0 atom stereocenters. The molecule has 0 aliphatic carbocycles. The largest absolute Gasteiger partial charge is 0.452 e. The number of ether oxygens (including phenoxy) is 2. The minimum absolute atomic E-state index is 0.0443. The average Bonchev–Trinajstić information content (AvgIpc) is 2.81. The summed E-state index contributed by atoms with van der Waals surface area (Å²) >= 11 is 0. The van der Waals surface area contributed by atoms with Crippen LogP contribution in [0.2, 0.25) is 0 Å². The van der Waals surface area contributed by atoms with Crippen molar-refractivity contribution in [3.63, 3.8) is 0 Å². The molecule has 0 bridgehead atoms. The minimum Gasteiger partial charge on any atom is -0.452 e. The number of rotatable bonds is 5. The highest BCUT2D eigenvalue weighted by molar-refractivity contribution is 5.91. The van der Waals surface area contributed by atoms with E-state index in [4.69, 9.17) is 4.74 Å². The normalized spacial score (nSPS) is 15.2. The van der Waals surface area contributed by atoms with Crippen LogP contribution in [0.3, 0.4) is 0 Å². The molecule has 1 fully saturated rings. The van der Waals surface area contributed by atoms with E-state index in [1.165, 1.54) is 24.3 Å². The first-order valence-electron chi connectivity index (χ1n) is 7.56. The summed E-state index contributed by atoms with van der Waals surface area (Å²) in [5.41, 5.74) is 0.176. The van der Waals surface area contributed by atoms with E-state index >= 15 is 0 Å². The Hall–Kier alpha value is -2.18. The first kappa shape index (κ1) is 17.2. The van der Waals surface area contributed by atoms with Crippen LogP contribution in [0.25, 0.3) is 0 Å². The van der Waals surface area contributed by atoms with Crippen LogP contribution in [0.4, 0.5) is 8.78 Å². The van der Waals surface area contributed by atoms with Crippen molar-refractivity contribution >= 4 is 11.9 Å². The van der Waals surface area contributed by atoms with E-state index in [1.807, 2.05) is 0 Å². The van der Waals surface area contributed by atoms with Gasteiger partial charge in [-0.1, -0.05) is 12.8 Å². The van der Waals surface area contributed by atoms with Crippen molar-refractivity contribution in [1.29, 1.82) is 0 Å². The van der Waals surface area contributed by atoms with Gasteiger partial charge in [-0.3, -0.25) is 4.79 Å². The van der Waals surface area contributed by atoms with Crippen molar-refractivity contribution in [2.24, 2.45) is 0 Å². The number of carbonyl (C=O) groups is 2. The Morgan fingerprint density at radius 2 is 1.65 bits per heavy atom. The fourth-order valence-electron chi connectivity index (χ4n) is 2.39. The number of nitrogens with zero attached hydrogens (tertiary/aromatic N) is 1. The third kappa shape index (κ3) is 5.50. The lowest BCUT2D eigenvalue weighted by Gasteiger charge is -2.19. The number of carbonyl (C=O) groups excluding carboxylic acids is 2. The molecule has 1 aliphatic heterocycles. The van der Waals surface area contributed by atoms with Gasteiger partial charge in [-0.25, -0.2) is 4.79 Å². The molecule has 126 valence electrons. The van der Waals surface area contributed by atoms with Gasteiger partial charge in [0.1, 0.15) is 5.75 Å². The summed E-state index contributed by atoms with van der Waals surface area (Å²) in [5, 5.41) is 0. The van der Waals surface area contributed by atoms with Gasteiger partial charge in [-0.15, -0.1) is 0 Å². The summed E-state index contributed by atoms with van der Waals surface area (Å²) in [5.74, 6) is -0.924. The summed E-state index contributed by atoms with van der Waals surface area (Å²) in [7, 11) is 0. The second kappa shape index (κ2) is 8.45. The van der Waals surface area contributed by atoms with Crippen molar-refractivity contribution < 1.29 is 27.8 Å². The predicted octanol–water partition coefficient (Wildman–Crippen LogP) is 2.85. The van der Waals surface area contributed by atoms with Crippen LogP contribution in [0.5, 0.6) is 5.75 Å². The van der Waals surface area contributed by atoms with E-state index in [0.29, 0.717) is 13.1 Å². The average molecular weight is 327 g/mol. The Labute approximate surface area is 133 Å². The Morgan fingerprint density at radius 3 is 2.22 bits per heavy atom. The highest BCUT2D eigenvalue weighted by Crippen LogP contribution is 2.15. The van der Waals surface area contributed by atoms with Gasteiger partial charge in [0, 0.05) is 13.1 Å². The zero-order valence-corrected chi connectivity index (χ0v) is 12.7. The molecule has 1 aromatic carbocycles. The molecule has 0 radical (unpaired) electrons. The van der Waals surface area contributed by atoms with E-state index in [2.05, 4.69) is 4.74 Å². The molecule has 1 aromatic rings. The van der Waals surface area contributed by atoms with Crippen molar-refractivity contribution in [1.82, 2.24) is 4.90 Å². The molecule has 0 aromatic heterocycles. The van der Waals surface area contributed by atoms with Gasteiger partial charge in [-0.2, -0.15) is 8.78 Å². The second-order valence-electron chi connectivity index (χ2n) is 5.27. The van der Waals surface area contributed by atoms with Crippen LogP contribution in [0.1, 0.15) is 36.0 Å². The molecule has 5 nitrogen and oxygen atoms in total. The van der Waals surface area contributed by atoms with Gasteiger partial charge >= 0.3 is 12.6 Å². The maximum absolute atomic E-state index is 12.0. The molecule has 1 aliphatic rings. The first-order chi connectivity index (χ1) is 11.1. The molecule has 1 amide bonds. The van der Waals surface area contributed by atoms with Gasteiger partial charge in [0.15, 0.2) is 6.61 Å². The molecular weight excluding hydrogens is 308 g/mol. The quantitative estimate of drug-likeness (QED) is 0.781. The number of hydrogen-bond donors (Lipinski definition) is 0. The molecule has 1 heterocycles. The summed E-state index contributed by atoms with van der Waals surface area (Å²) in [6.07, 6.45) is 4.14. The molecule has 7 heteroatoms. The summed E-state index contributed by atoms with van der Waals surface area (Å²) in [4.78, 5) is 25.6. The van der Waals surface area contributed by atoms with Gasteiger partial charge < -0.3 is 14.4 Å². The lowest BCUT2D eigenvalue weighted by atomic mass is 10.2. The number of hydrogen-bond acceptors (Lipinski definition) is 4. The number of alkyl halides is 2. The zero-order chi connectivity index (χ0) is 16.7. The molecule has 2 rings (SSSR count). The Bertz CT molecular complexity index is 525. The highest BCUT2D eigenvalue weighted by atomic mass is 19.3. The summed E-state index contributed by atoms with van der Waals surface area (Å²) in [6.45, 7) is -1.85. The smallest absolute Gasteiger partial charge is 0.387 e. The van der Waals surface area contributed by atoms with Crippen LogP contribution in [0.15, 0.2) is 24.3 Å². The highest BCUT2D eigenvalue weighted by Gasteiger charge is 2.17. The number of amides is 1. The molecule has 0 saturated carbocycles. The monoisotopic (exact) mass is 327 g/mol. The molecule has 1 saturated heterocycles. The Kier molecular flexibility index (Phi) is 6.31. The van der Waals surface area contributed by atoms with Crippen molar-refractivity contribution in [2.75, 3.05) is 19.7 Å². The fourth-order valence-corrected chi connectivity index (χ4v) is 2.39. The SMILES string of the molecule is O=C(OCC(=O)N1CCCCCC1)c1ccc(OC(F)F)cc1. The van der Waals surface area contributed by atoms with Gasteiger partial charge in [0.05, 0.1) is 5.56 Å². The standard InChI is InChI=1S/C16H19F2NO4/c17-16(18)23-13-7-5-12(6-8-13)15(21)22-11-14(20)19-9-3-1-2-4-10-19/h5-8,16H,1-4,9-11H2. The zero-order valence-electron chi connectivity index (χ0n) is 12.7. The first-order valence-corrected chi connectivity index (χ1v) is 7.56. The van der Waals surface area contributed by atoms with Crippen molar-refractivity contribution in [3.8, 4) is 5.75 Å². The van der Waals surface area contributed by atoms with E-state index in [-0.39, 0.29) is 23.8 Å². The maximum Gasteiger partial charge on any atom is 0.387 e. The molecule has 0 N–H and O–H groups in total. The van der Waals surface area contributed by atoms with Crippen LogP contribution >= 0.6 is 0 Å². The molecule has 23 heavy (non-hydrogen) atoms. The van der Waals surface area contributed by atoms with Crippen LogP contribution < -0.4 is 4.74 Å². The topological polar surface area (TPSA) is 55.8 Å². The number of halogens is 2. The van der Waals surface area contributed by atoms with Gasteiger partial charge in [0.25, 0.3) is 5.91 Å². The van der Waals surface area contributed by atoms with Crippen molar-refractivity contribution in [2.45, 2.75) is 32.3 Å². The number of benzene rings is 1. The van der Waals surface area contributed by atoms with E-state index < -0.39 is 12.6 Å². The minimum atomic E-state index is -2.92. The van der Waals surface area contributed by atoms with Crippen LogP contribution in [-0.4, -0.2) is 43.1 Å². The van der Waals surface area contributed by atoms with Crippen LogP contribution in [0, 0.1) is 0 Å². The lowest BCUT2D eigenvalue weighted by Crippen LogP contribution is -2.35. The number of esters is 1. The van der Waals surface area contributed by atoms with Gasteiger partial charge in [-0.05, 0) is 37.1 Å². The Morgan fingerprint density at radius 1 is 1.04 bits per heavy atom. The predicted molar refractivity (Wildman–Crippen MR) is 78.4 cm³/mol. The van der Waals surface area contributed by atoms with E-state index in [0.717, 1.165) is 25.7 Å². The fraction of sp³-hybridized carbons (Fsp3) is 0.500. The van der Waals surface area contributed by atoms with E-state index in [9.17, 15) is 18.4 Å². The Balaban J connectivity index is 1.82. The summed E-state index contributed by atoms with van der Waals surface area (Å²) in [6, 6.07) is 5.13. The van der Waals surface area contributed by atoms with Gasteiger partial charge in [0.2, 0.25) is 0 Å². The number of likely N-dealkylation sites (tertiary alicyclic amines) is 1. The third-order valence-corrected chi connectivity index (χ3v) is 3.60. The second-order valence-corrected chi connectivity index (χ2v) is 5.27.